The maximum absolute atomic E-state index is 12.7. The van der Waals surface area contributed by atoms with Gasteiger partial charge < -0.3 is 10.0 Å². The van der Waals surface area contributed by atoms with E-state index >= 15 is 0 Å². The highest BCUT2D eigenvalue weighted by Gasteiger charge is 2.43. The van der Waals surface area contributed by atoms with Gasteiger partial charge in [0.15, 0.2) is 0 Å². The Morgan fingerprint density at radius 1 is 1.03 bits per heavy atom. The minimum absolute atomic E-state index is 0.0599. The molecule has 1 aliphatic carbocycles. The Balaban J connectivity index is 0.000000364. The van der Waals surface area contributed by atoms with Gasteiger partial charge in [-0.05, 0) is 59.9 Å². The molecule has 1 amide bonds. The van der Waals surface area contributed by atoms with Crippen molar-refractivity contribution in [1.82, 2.24) is 20.1 Å². The third kappa shape index (κ3) is 5.21. The molecule has 3 aromatic rings. The number of alkyl halides is 3. The molecule has 1 spiro atoms. The van der Waals surface area contributed by atoms with Gasteiger partial charge in [-0.1, -0.05) is 30.3 Å². The number of rotatable bonds is 2. The molecule has 2 aromatic heterocycles. The van der Waals surface area contributed by atoms with Gasteiger partial charge in [-0.15, -0.1) is 0 Å². The van der Waals surface area contributed by atoms with Crippen molar-refractivity contribution in [2.45, 2.75) is 43.2 Å². The zero-order chi connectivity index (χ0) is 25.1. The Morgan fingerprint density at radius 2 is 1.74 bits per heavy atom. The van der Waals surface area contributed by atoms with Crippen LogP contribution in [0.25, 0.3) is 0 Å². The first kappa shape index (κ1) is 24.4. The minimum atomic E-state index is -5.08. The van der Waals surface area contributed by atoms with Gasteiger partial charge in [0.2, 0.25) is 0 Å². The number of hydrogen-bond donors (Lipinski definition) is 2. The first-order valence-electron chi connectivity index (χ1n) is 11.3. The molecular weight excluding hydrogens is 461 g/mol. The quantitative estimate of drug-likeness (QED) is 0.554. The van der Waals surface area contributed by atoms with Crippen LogP contribution in [-0.2, 0) is 10.2 Å². The van der Waals surface area contributed by atoms with E-state index in [1.165, 1.54) is 16.7 Å². The average molecular weight is 486 g/mol. The number of carbonyl (C=O) groups excluding carboxylic acids is 1. The van der Waals surface area contributed by atoms with Gasteiger partial charge in [-0.25, -0.2) is 4.79 Å². The lowest BCUT2D eigenvalue weighted by Gasteiger charge is -2.47. The number of nitrogens with zero attached hydrogens (tertiary/aromatic N) is 3. The molecule has 5 rings (SSSR count). The van der Waals surface area contributed by atoms with Gasteiger partial charge in [0.05, 0.1) is 0 Å². The van der Waals surface area contributed by atoms with Crippen LogP contribution in [0.3, 0.4) is 0 Å². The predicted molar refractivity (Wildman–Crippen MR) is 121 cm³/mol. The number of carbonyl (C=O) groups is 2. The van der Waals surface area contributed by atoms with E-state index in [0.29, 0.717) is 11.6 Å². The smallest absolute Gasteiger partial charge is 0.475 e. The summed E-state index contributed by atoms with van der Waals surface area (Å²) in [6.45, 7) is 1.59. The SMILES string of the molecule is O=C(O)C(F)(F)F.O=C(c1ccn[nH]1)N1CCC2(CCC(c3cccnc3)c3ccccc32)CC1. The normalized spacial score (nSPS) is 18.8. The molecule has 0 saturated carbocycles. The van der Waals surface area contributed by atoms with Crippen molar-refractivity contribution in [1.29, 1.82) is 0 Å². The van der Waals surface area contributed by atoms with E-state index in [4.69, 9.17) is 9.90 Å². The monoisotopic (exact) mass is 486 g/mol. The zero-order valence-corrected chi connectivity index (χ0v) is 18.8. The molecule has 1 saturated heterocycles. The Bertz CT molecular complexity index is 1160. The molecule has 1 atom stereocenters. The number of nitrogens with one attached hydrogen (secondary N) is 1. The molecule has 1 unspecified atom stereocenters. The molecule has 0 bridgehead atoms. The molecule has 3 heterocycles. The second kappa shape index (κ2) is 9.89. The fourth-order valence-corrected chi connectivity index (χ4v) is 5.13. The van der Waals surface area contributed by atoms with E-state index in [-0.39, 0.29) is 11.3 Å². The number of fused-ring (bicyclic) bond motifs is 2. The van der Waals surface area contributed by atoms with E-state index < -0.39 is 12.1 Å². The summed E-state index contributed by atoms with van der Waals surface area (Å²) in [6.07, 6.45) is 4.73. The highest BCUT2D eigenvalue weighted by Crippen LogP contribution is 2.50. The first-order chi connectivity index (χ1) is 16.7. The van der Waals surface area contributed by atoms with Gasteiger partial charge >= 0.3 is 12.1 Å². The van der Waals surface area contributed by atoms with Crippen LogP contribution in [0.4, 0.5) is 13.2 Å². The molecule has 10 heteroatoms. The molecule has 1 fully saturated rings. The van der Waals surface area contributed by atoms with E-state index in [9.17, 15) is 18.0 Å². The van der Waals surface area contributed by atoms with Crippen molar-refractivity contribution in [2.24, 2.45) is 0 Å². The number of benzene rings is 1. The van der Waals surface area contributed by atoms with E-state index in [1.54, 1.807) is 12.3 Å². The van der Waals surface area contributed by atoms with Gasteiger partial charge in [-0.2, -0.15) is 18.3 Å². The lowest BCUT2D eigenvalue weighted by Crippen LogP contribution is -2.47. The Labute approximate surface area is 200 Å². The van der Waals surface area contributed by atoms with Crippen LogP contribution in [-0.4, -0.2) is 56.3 Å². The highest BCUT2D eigenvalue weighted by atomic mass is 19.4. The van der Waals surface area contributed by atoms with Crippen LogP contribution in [0.15, 0.2) is 61.1 Å². The summed E-state index contributed by atoms with van der Waals surface area (Å²) in [4.78, 5) is 27.9. The fraction of sp³-hybridized carbons (Fsp3) is 0.360. The van der Waals surface area contributed by atoms with Crippen molar-refractivity contribution in [3.8, 4) is 0 Å². The van der Waals surface area contributed by atoms with E-state index in [1.807, 2.05) is 23.4 Å². The number of carboxylic acids is 1. The Kier molecular flexibility index (Phi) is 6.90. The van der Waals surface area contributed by atoms with Crippen LogP contribution in [0.1, 0.15) is 58.8 Å². The summed E-state index contributed by atoms with van der Waals surface area (Å²) in [5.74, 6) is -2.28. The molecule has 1 aromatic carbocycles. The predicted octanol–water partition coefficient (Wildman–Crippen LogP) is 4.54. The largest absolute Gasteiger partial charge is 0.490 e. The van der Waals surface area contributed by atoms with Crippen LogP contribution in [0, 0.1) is 0 Å². The summed E-state index contributed by atoms with van der Waals surface area (Å²) in [7, 11) is 0. The number of aliphatic carboxylic acids is 1. The van der Waals surface area contributed by atoms with Gasteiger partial charge in [0.25, 0.3) is 5.91 Å². The van der Waals surface area contributed by atoms with Gasteiger partial charge in [0.1, 0.15) is 5.69 Å². The van der Waals surface area contributed by atoms with Crippen molar-refractivity contribution in [2.75, 3.05) is 13.1 Å². The minimum Gasteiger partial charge on any atom is -0.475 e. The number of aromatic nitrogens is 3. The molecule has 2 N–H and O–H groups in total. The number of pyridine rings is 1. The third-order valence-corrected chi connectivity index (χ3v) is 6.89. The lowest BCUT2D eigenvalue weighted by atomic mass is 9.61. The molecule has 2 aliphatic rings. The Hall–Kier alpha value is -3.69. The number of amides is 1. The standard InChI is InChI=1S/C23H24N4O.C2HF3O2/c28-22(21-8-13-25-26-21)27-14-10-23(11-15-27)9-7-18(17-4-3-12-24-16-17)19-5-1-2-6-20(19)23;3-2(4,5)1(6)7/h1-6,8,12-13,16,18H,7,9-11,14-15H2,(H,25,26);(H,6,7). The van der Waals surface area contributed by atoms with Crippen LogP contribution in [0.2, 0.25) is 0 Å². The molecule has 0 radical (unpaired) electrons. The second-order valence-electron chi connectivity index (χ2n) is 8.81. The van der Waals surface area contributed by atoms with Crippen LogP contribution >= 0.6 is 0 Å². The van der Waals surface area contributed by atoms with Crippen LogP contribution < -0.4 is 0 Å². The second-order valence-corrected chi connectivity index (χ2v) is 8.81. The maximum atomic E-state index is 12.7. The summed E-state index contributed by atoms with van der Waals surface area (Å²) >= 11 is 0. The van der Waals surface area contributed by atoms with E-state index in [0.717, 1.165) is 38.8 Å². The number of hydrogen-bond acceptors (Lipinski definition) is 4. The number of H-pyrrole nitrogens is 1. The van der Waals surface area contributed by atoms with E-state index in [2.05, 4.69) is 45.5 Å². The van der Waals surface area contributed by atoms with Crippen molar-refractivity contribution < 1.29 is 27.9 Å². The molecular formula is C25H25F3N4O3. The number of halogens is 3. The van der Waals surface area contributed by atoms with Crippen LogP contribution in [0.5, 0.6) is 0 Å². The Morgan fingerprint density at radius 3 is 2.34 bits per heavy atom. The summed E-state index contributed by atoms with van der Waals surface area (Å²) in [6, 6.07) is 14.9. The fourth-order valence-electron chi connectivity index (χ4n) is 5.13. The third-order valence-electron chi connectivity index (χ3n) is 6.89. The first-order valence-corrected chi connectivity index (χ1v) is 11.3. The average Bonchev–Trinajstić information content (AvgIpc) is 3.40. The number of piperidine rings is 1. The summed E-state index contributed by atoms with van der Waals surface area (Å²) < 4.78 is 31.7. The molecule has 7 nitrogen and oxygen atoms in total. The van der Waals surface area contributed by atoms with Gasteiger partial charge in [0, 0.05) is 37.6 Å². The number of carboxylic acid groups (broad SMARTS) is 1. The van der Waals surface area contributed by atoms with Crippen molar-refractivity contribution >= 4 is 11.9 Å². The summed E-state index contributed by atoms with van der Waals surface area (Å²) in [5, 5.41) is 13.8. The summed E-state index contributed by atoms with van der Waals surface area (Å²) in [5.41, 5.74) is 4.98. The molecule has 184 valence electrons. The lowest BCUT2D eigenvalue weighted by molar-refractivity contribution is -0.192. The van der Waals surface area contributed by atoms with Crippen molar-refractivity contribution in [3.63, 3.8) is 0 Å². The molecule has 35 heavy (non-hydrogen) atoms. The topological polar surface area (TPSA) is 99.2 Å². The van der Waals surface area contributed by atoms with Crippen molar-refractivity contribution in [3.05, 3.63) is 83.4 Å². The highest BCUT2D eigenvalue weighted by molar-refractivity contribution is 5.92. The van der Waals surface area contributed by atoms with Gasteiger partial charge in [-0.3, -0.25) is 14.9 Å². The number of likely N-dealkylation sites (tertiary alicyclic amines) is 1. The zero-order valence-electron chi connectivity index (χ0n) is 18.8. The molecule has 1 aliphatic heterocycles. The maximum Gasteiger partial charge on any atom is 0.490 e. The number of aromatic amines is 1.